The Morgan fingerprint density at radius 2 is 2.17 bits per heavy atom. The molecule has 5 aliphatic rings. The number of carbonyl (C=O) groups excluding carboxylic acids is 1. The molecule has 2 bridgehead atoms. The van der Waals surface area contributed by atoms with Gasteiger partial charge in [-0.1, -0.05) is 13.8 Å². The van der Waals surface area contributed by atoms with Gasteiger partial charge in [-0.15, -0.1) is 0 Å². The van der Waals surface area contributed by atoms with Crippen LogP contribution in [0.5, 0.6) is 0 Å². The fourth-order valence-electron chi connectivity index (χ4n) is 6.40. The van der Waals surface area contributed by atoms with Gasteiger partial charge < -0.3 is 24.1 Å². The maximum absolute atomic E-state index is 12.1. The van der Waals surface area contributed by atoms with Gasteiger partial charge >= 0.3 is 5.97 Å². The van der Waals surface area contributed by atoms with E-state index in [0.717, 1.165) is 38.6 Å². The van der Waals surface area contributed by atoms with Crippen molar-refractivity contribution in [2.24, 2.45) is 11.8 Å². The fraction of sp³-hybridized carbons (Fsp3) is 0.773. The van der Waals surface area contributed by atoms with Crippen LogP contribution in [0.15, 0.2) is 22.9 Å². The molecule has 0 aromatic carbocycles. The molecule has 5 aliphatic heterocycles. The number of cyclic esters (lactones) is 1. The van der Waals surface area contributed by atoms with Crippen molar-refractivity contribution >= 4 is 5.97 Å². The lowest BCUT2D eigenvalue weighted by Gasteiger charge is -2.46. The van der Waals surface area contributed by atoms with Gasteiger partial charge in [0.25, 0.3) is 0 Å². The first-order chi connectivity index (χ1) is 13.9. The van der Waals surface area contributed by atoms with Gasteiger partial charge in [-0.2, -0.15) is 0 Å². The van der Waals surface area contributed by atoms with Crippen molar-refractivity contribution in [3.63, 3.8) is 0 Å². The van der Waals surface area contributed by atoms with Gasteiger partial charge in [-0.25, -0.2) is 4.79 Å². The molecule has 5 rings (SSSR count). The molecule has 1 N–H and O–H groups in total. The highest BCUT2D eigenvalue weighted by atomic mass is 16.7. The maximum atomic E-state index is 12.1. The molecule has 4 saturated heterocycles. The Hall–Kier alpha value is -1.57. The Morgan fingerprint density at radius 3 is 2.90 bits per heavy atom. The Labute approximate surface area is 171 Å². The molecule has 0 spiro atoms. The molecule has 0 aromatic rings. The molecule has 0 aliphatic carbocycles. The molecule has 0 radical (unpaired) electrons. The van der Waals surface area contributed by atoms with Gasteiger partial charge in [0.2, 0.25) is 11.5 Å². The average molecular weight is 405 g/mol. The van der Waals surface area contributed by atoms with E-state index < -0.39 is 5.79 Å². The zero-order chi connectivity index (χ0) is 20.5. The molecule has 4 fully saturated rings. The van der Waals surface area contributed by atoms with Crippen molar-refractivity contribution in [2.45, 2.75) is 83.0 Å². The van der Waals surface area contributed by atoms with E-state index in [4.69, 9.17) is 18.9 Å². The Morgan fingerprint density at radius 1 is 1.38 bits per heavy atom. The number of aliphatic hydroxyl groups excluding tert-OH is 1. The van der Waals surface area contributed by atoms with E-state index in [1.807, 2.05) is 6.92 Å². The molecule has 7 heteroatoms. The van der Waals surface area contributed by atoms with Gasteiger partial charge in [-0.3, -0.25) is 4.90 Å². The van der Waals surface area contributed by atoms with Crippen molar-refractivity contribution in [1.29, 1.82) is 0 Å². The van der Waals surface area contributed by atoms with Gasteiger partial charge in [0.15, 0.2) is 5.76 Å². The summed E-state index contributed by atoms with van der Waals surface area (Å²) >= 11 is 0. The standard InChI is InChI=1S/C22H31NO6/c1-5-14(24)13-7-8-15-17-16-11(2)19(20-18(26-4)12(3)21(25)27-20)29-22(16,28-15)9-6-10-23(13)17/h11,13-17,24H,5-10H2,1-4H3/b20-19+/t11-,13-,14+,15+,16+,17-,22+/m0/s1. The van der Waals surface area contributed by atoms with Gasteiger partial charge in [-0.05, 0) is 39.2 Å². The van der Waals surface area contributed by atoms with Crippen molar-refractivity contribution in [3.05, 3.63) is 22.9 Å². The summed E-state index contributed by atoms with van der Waals surface area (Å²) in [5.74, 6) is 0.631. The zero-order valence-corrected chi connectivity index (χ0v) is 17.6. The third kappa shape index (κ3) is 2.56. The van der Waals surface area contributed by atoms with E-state index in [0.29, 0.717) is 22.9 Å². The number of hydrogen-bond acceptors (Lipinski definition) is 7. The zero-order valence-electron chi connectivity index (χ0n) is 17.6. The molecular formula is C22H31NO6. The molecule has 7 nitrogen and oxygen atoms in total. The van der Waals surface area contributed by atoms with Gasteiger partial charge in [0.05, 0.1) is 30.8 Å². The molecule has 7 atom stereocenters. The van der Waals surface area contributed by atoms with Crippen LogP contribution >= 0.6 is 0 Å². The first-order valence-corrected chi connectivity index (χ1v) is 10.9. The van der Waals surface area contributed by atoms with Crippen LogP contribution in [0.4, 0.5) is 0 Å². The maximum Gasteiger partial charge on any atom is 0.343 e. The number of hydrogen-bond donors (Lipinski definition) is 1. The summed E-state index contributed by atoms with van der Waals surface area (Å²) in [6.45, 7) is 6.85. The van der Waals surface area contributed by atoms with Crippen molar-refractivity contribution in [1.82, 2.24) is 4.90 Å². The lowest BCUT2D eigenvalue weighted by Crippen LogP contribution is -2.58. The van der Waals surface area contributed by atoms with Crippen LogP contribution in [0.1, 0.15) is 52.9 Å². The number of ether oxygens (including phenoxy) is 4. The number of piperidine rings is 1. The first-order valence-electron chi connectivity index (χ1n) is 10.9. The molecule has 29 heavy (non-hydrogen) atoms. The highest BCUT2D eigenvalue weighted by molar-refractivity contribution is 5.93. The van der Waals surface area contributed by atoms with E-state index >= 15 is 0 Å². The van der Waals surface area contributed by atoms with Crippen LogP contribution in [0.2, 0.25) is 0 Å². The van der Waals surface area contributed by atoms with E-state index in [9.17, 15) is 9.90 Å². The smallest absolute Gasteiger partial charge is 0.343 e. The molecule has 0 saturated carbocycles. The minimum atomic E-state index is -0.681. The Balaban J connectivity index is 1.55. The molecule has 0 amide bonds. The van der Waals surface area contributed by atoms with Crippen LogP contribution in [0.3, 0.4) is 0 Å². The Kier molecular flexibility index (Phi) is 4.50. The van der Waals surface area contributed by atoms with E-state index in [-0.39, 0.29) is 42.1 Å². The molecule has 5 heterocycles. The lowest BCUT2D eigenvalue weighted by molar-refractivity contribution is -0.213. The molecule has 160 valence electrons. The number of rotatable bonds is 3. The summed E-state index contributed by atoms with van der Waals surface area (Å²) in [6.07, 6.45) is 4.22. The van der Waals surface area contributed by atoms with Crippen LogP contribution in [-0.2, 0) is 23.7 Å². The summed E-state index contributed by atoms with van der Waals surface area (Å²) in [5, 5.41) is 10.7. The predicted molar refractivity (Wildman–Crippen MR) is 103 cm³/mol. The lowest BCUT2D eigenvalue weighted by atomic mass is 9.77. The van der Waals surface area contributed by atoms with E-state index in [2.05, 4.69) is 11.8 Å². The van der Waals surface area contributed by atoms with Crippen molar-refractivity contribution in [3.8, 4) is 0 Å². The second-order valence-electron chi connectivity index (χ2n) is 9.08. The van der Waals surface area contributed by atoms with Crippen LogP contribution < -0.4 is 0 Å². The molecular weight excluding hydrogens is 374 g/mol. The van der Waals surface area contributed by atoms with Crippen LogP contribution in [-0.4, -0.2) is 59.7 Å². The molecule has 0 aromatic heterocycles. The van der Waals surface area contributed by atoms with Gasteiger partial charge in [0, 0.05) is 24.4 Å². The average Bonchev–Trinajstić information content (AvgIpc) is 3.23. The second kappa shape index (κ2) is 6.72. The number of aliphatic hydroxyl groups is 1. The number of carbonyl (C=O) groups is 1. The number of esters is 1. The number of nitrogens with zero attached hydrogens (tertiary/aromatic N) is 1. The highest BCUT2D eigenvalue weighted by Gasteiger charge is 2.68. The largest absolute Gasteiger partial charge is 0.492 e. The summed E-state index contributed by atoms with van der Waals surface area (Å²) in [7, 11) is 1.55. The normalized spacial score (nSPS) is 45.0. The van der Waals surface area contributed by atoms with Crippen LogP contribution in [0, 0.1) is 11.8 Å². The summed E-state index contributed by atoms with van der Waals surface area (Å²) < 4.78 is 24.2. The van der Waals surface area contributed by atoms with Crippen molar-refractivity contribution < 1.29 is 28.8 Å². The van der Waals surface area contributed by atoms with Crippen LogP contribution in [0.25, 0.3) is 0 Å². The monoisotopic (exact) mass is 405 g/mol. The minimum absolute atomic E-state index is 0.0296. The second-order valence-corrected chi connectivity index (χ2v) is 9.08. The van der Waals surface area contributed by atoms with Crippen molar-refractivity contribution in [2.75, 3.05) is 13.7 Å². The fourth-order valence-corrected chi connectivity index (χ4v) is 6.40. The third-order valence-corrected chi connectivity index (χ3v) is 7.68. The van der Waals surface area contributed by atoms with E-state index in [1.165, 1.54) is 0 Å². The summed E-state index contributed by atoms with van der Waals surface area (Å²) in [4.78, 5) is 14.6. The quantitative estimate of drug-likeness (QED) is 0.723. The predicted octanol–water partition coefficient (Wildman–Crippen LogP) is 2.45. The Bertz CT molecular complexity index is 790. The summed E-state index contributed by atoms with van der Waals surface area (Å²) in [5.41, 5.74) is 0.466. The number of allylic oxidation sites excluding steroid dienone is 1. The SMILES string of the molecule is CC[C@@H](O)[C@@H]1CC[C@H]2O[C@@]34CCCN1[C@@H]2[C@H]3[C@H](C)/C(=C1\OC(=O)C(C)=C1OC)O4. The summed E-state index contributed by atoms with van der Waals surface area (Å²) in [6, 6.07) is 0.377. The molecule has 0 unspecified atom stereocenters. The highest BCUT2D eigenvalue weighted by Crippen LogP contribution is 2.59. The van der Waals surface area contributed by atoms with Gasteiger partial charge in [0.1, 0.15) is 5.76 Å². The minimum Gasteiger partial charge on any atom is -0.492 e. The van der Waals surface area contributed by atoms with E-state index in [1.54, 1.807) is 14.0 Å². The topological polar surface area (TPSA) is 77.5 Å². The number of methoxy groups -OCH3 is 1. The third-order valence-electron chi connectivity index (χ3n) is 7.68. The first kappa shape index (κ1) is 19.4.